The van der Waals surface area contributed by atoms with Gasteiger partial charge >= 0.3 is 12.0 Å². The lowest BCUT2D eigenvalue weighted by atomic mass is 9.98. The topological polar surface area (TPSA) is 75.7 Å². The molecular weight excluding hydrogens is 352 g/mol. The summed E-state index contributed by atoms with van der Waals surface area (Å²) in [5.41, 5.74) is -0.797. The molecule has 3 amide bonds. The number of hydrogen-bond donors (Lipinski definition) is 1. The summed E-state index contributed by atoms with van der Waals surface area (Å²) in [7, 11) is 0. The van der Waals surface area contributed by atoms with Crippen LogP contribution in [-0.2, 0) is 9.59 Å². The van der Waals surface area contributed by atoms with Crippen LogP contribution in [0, 0.1) is 0 Å². The number of urea groups is 1. The summed E-state index contributed by atoms with van der Waals surface area (Å²) >= 11 is 3.29. The van der Waals surface area contributed by atoms with Crippen LogP contribution in [0.2, 0.25) is 0 Å². The minimum absolute atomic E-state index is 0.317. The number of halogens is 1. The number of rotatable bonds is 3. The Hall–Kier alpha value is -1.89. The summed E-state index contributed by atoms with van der Waals surface area (Å²) in [6, 6.07) is 6.23. The minimum atomic E-state index is -0.797. The van der Waals surface area contributed by atoms with Crippen LogP contribution in [0.5, 0.6) is 5.75 Å². The van der Waals surface area contributed by atoms with E-state index in [9.17, 15) is 14.4 Å². The van der Waals surface area contributed by atoms with Gasteiger partial charge in [-0.2, -0.15) is 0 Å². The average molecular weight is 367 g/mol. The van der Waals surface area contributed by atoms with Crippen LogP contribution in [0.15, 0.2) is 28.7 Å². The second kappa shape index (κ2) is 5.72. The van der Waals surface area contributed by atoms with Crippen molar-refractivity contribution in [1.29, 1.82) is 0 Å². The van der Waals surface area contributed by atoms with Crippen molar-refractivity contribution in [3.05, 3.63) is 28.7 Å². The normalized spacial score (nSPS) is 19.6. The molecule has 1 aliphatic heterocycles. The molecule has 0 radical (unpaired) electrons. The Kier molecular flexibility index (Phi) is 3.90. The molecule has 7 heteroatoms. The standard InChI is InChI=1S/C15H15BrN2O4/c16-10-3-5-11(6-4-10)22-12(19)9-18-13(20)15(17-14(18)21)7-1-2-8-15/h3-6H,1-2,7-9H2,(H,17,21). The molecule has 0 atom stereocenters. The van der Waals surface area contributed by atoms with Crippen LogP contribution < -0.4 is 10.1 Å². The summed E-state index contributed by atoms with van der Waals surface area (Å²) < 4.78 is 6.01. The Morgan fingerprint density at radius 2 is 1.86 bits per heavy atom. The minimum Gasteiger partial charge on any atom is -0.425 e. The van der Waals surface area contributed by atoms with Gasteiger partial charge in [-0.1, -0.05) is 28.8 Å². The second-order valence-electron chi connectivity index (χ2n) is 5.54. The number of amides is 3. The van der Waals surface area contributed by atoms with Gasteiger partial charge in [-0.25, -0.2) is 9.59 Å². The highest BCUT2D eigenvalue weighted by atomic mass is 79.9. The first-order valence-electron chi connectivity index (χ1n) is 7.11. The zero-order valence-corrected chi connectivity index (χ0v) is 13.4. The summed E-state index contributed by atoms with van der Waals surface area (Å²) in [4.78, 5) is 37.3. The predicted octanol–water partition coefficient (Wildman–Crippen LogP) is 2.22. The van der Waals surface area contributed by atoms with E-state index in [-0.39, 0.29) is 12.5 Å². The molecule has 0 bridgehead atoms. The molecule has 1 heterocycles. The maximum absolute atomic E-state index is 12.4. The van der Waals surface area contributed by atoms with E-state index in [0.717, 1.165) is 22.2 Å². The van der Waals surface area contributed by atoms with Crippen molar-refractivity contribution in [3.8, 4) is 5.75 Å². The third-order valence-electron chi connectivity index (χ3n) is 4.04. The lowest BCUT2D eigenvalue weighted by molar-refractivity contribution is -0.140. The van der Waals surface area contributed by atoms with Gasteiger partial charge in [0.05, 0.1) is 0 Å². The average Bonchev–Trinajstić information content (AvgIpc) is 3.03. The van der Waals surface area contributed by atoms with Crippen molar-refractivity contribution in [3.63, 3.8) is 0 Å². The smallest absolute Gasteiger partial charge is 0.331 e. The Bertz CT molecular complexity index is 623. The fraction of sp³-hybridized carbons (Fsp3) is 0.400. The number of benzene rings is 1. The van der Waals surface area contributed by atoms with Gasteiger partial charge in [0.25, 0.3) is 5.91 Å². The fourth-order valence-corrected chi connectivity index (χ4v) is 3.20. The van der Waals surface area contributed by atoms with E-state index in [4.69, 9.17) is 4.74 Å². The van der Waals surface area contributed by atoms with Crippen LogP contribution in [0.1, 0.15) is 25.7 Å². The lowest BCUT2D eigenvalue weighted by Crippen LogP contribution is -2.44. The monoisotopic (exact) mass is 366 g/mol. The first-order chi connectivity index (χ1) is 10.5. The first kappa shape index (κ1) is 15.0. The van der Waals surface area contributed by atoms with Crippen molar-refractivity contribution >= 4 is 33.8 Å². The number of carbonyl (C=O) groups is 3. The molecule has 22 heavy (non-hydrogen) atoms. The lowest BCUT2D eigenvalue weighted by Gasteiger charge is -2.19. The van der Waals surface area contributed by atoms with Crippen LogP contribution in [0.3, 0.4) is 0 Å². The maximum atomic E-state index is 12.4. The molecular formula is C15H15BrN2O4. The molecule has 6 nitrogen and oxygen atoms in total. The largest absolute Gasteiger partial charge is 0.425 e. The third-order valence-corrected chi connectivity index (χ3v) is 4.56. The number of ether oxygens (including phenoxy) is 1. The van der Waals surface area contributed by atoms with Gasteiger partial charge in [0.1, 0.15) is 17.8 Å². The zero-order valence-electron chi connectivity index (χ0n) is 11.8. The van der Waals surface area contributed by atoms with Crippen LogP contribution in [-0.4, -0.2) is 34.9 Å². The predicted molar refractivity (Wildman–Crippen MR) is 81.2 cm³/mol. The van der Waals surface area contributed by atoms with Crippen LogP contribution in [0.25, 0.3) is 0 Å². The summed E-state index contributed by atoms with van der Waals surface area (Å²) in [5, 5.41) is 2.73. The molecule has 0 unspecified atom stereocenters. The number of hydrogen-bond acceptors (Lipinski definition) is 4. The quantitative estimate of drug-likeness (QED) is 0.505. The molecule has 1 N–H and O–H groups in total. The van der Waals surface area contributed by atoms with Gasteiger partial charge in [0.15, 0.2) is 0 Å². The Labute approximate surface area is 135 Å². The molecule has 1 aliphatic carbocycles. The molecule has 1 aromatic carbocycles. The molecule has 1 saturated carbocycles. The third kappa shape index (κ3) is 2.72. The zero-order chi connectivity index (χ0) is 15.7. The van der Waals surface area contributed by atoms with Crippen molar-refractivity contribution in [2.45, 2.75) is 31.2 Å². The number of carbonyl (C=O) groups excluding carboxylic acids is 3. The Morgan fingerprint density at radius 1 is 1.23 bits per heavy atom. The van der Waals surface area contributed by atoms with Crippen molar-refractivity contribution in [2.75, 3.05) is 6.54 Å². The van der Waals surface area contributed by atoms with Gasteiger partial charge in [-0.15, -0.1) is 0 Å². The maximum Gasteiger partial charge on any atom is 0.331 e. The molecule has 1 saturated heterocycles. The molecule has 3 rings (SSSR count). The van der Waals surface area contributed by atoms with Crippen LogP contribution in [0.4, 0.5) is 4.79 Å². The Balaban J connectivity index is 1.65. The van der Waals surface area contributed by atoms with Gasteiger partial charge in [-0.3, -0.25) is 9.69 Å². The van der Waals surface area contributed by atoms with Crippen molar-refractivity contribution < 1.29 is 19.1 Å². The number of esters is 1. The highest BCUT2D eigenvalue weighted by Crippen LogP contribution is 2.34. The van der Waals surface area contributed by atoms with E-state index >= 15 is 0 Å². The van der Waals surface area contributed by atoms with E-state index in [0.29, 0.717) is 18.6 Å². The molecule has 2 aliphatic rings. The Morgan fingerprint density at radius 3 is 2.50 bits per heavy atom. The number of nitrogens with zero attached hydrogens (tertiary/aromatic N) is 1. The number of imide groups is 1. The van der Waals surface area contributed by atoms with E-state index in [1.54, 1.807) is 24.3 Å². The molecule has 116 valence electrons. The van der Waals surface area contributed by atoms with Gasteiger partial charge in [0, 0.05) is 4.47 Å². The summed E-state index contributed by atoms with van der Waals surface area (Å²) in [6.07, 6.45) is 3.08. The van der Waals surface area contributed by atoms with Gasteiger partial charge < -0.3 is 10.1 Å². The first-order valence-corrected chi connectivity index (χ1v) is 7.90. The van der Waals surface area contributed by atoms with E-state index in [2.05, 4.69) is 21.2 Å². The van der Waals surface area contributed by atoms with Gasteiger partial charge in [-0.05, 0) is 37.1 Å². The highest BCUT2D eigenvalue weighted by Gasteiger charge is 2.52. The number of nitrogens with one attached hydrogen (secondary N) is 1. The van der Waals surface area contributed by atoms with Crippen molar-refractivity contribution in [1.82, 2.24) is 10.2 Å². The highest BCUT2D eigenvalue weighted by molar-refractivity contribution is 9.10. The molecule has 1 spiro atoms. The van der Waals surface area contributed by atoms with E-state index in [1.807, 2.05) is 0 Å². The fourth-order valence-electron chi connectivity index (χ4n) is 2.93. The molecule has 0 aromatic heterocycles. The SMILES string of the molecule is O=C(CN1C(=O)NC2(CCCC2)C1=O)Oc1ccc(Br)cc1. The van der Waals surface area contributed by atoms with Crippen LogP contribution >= 0.6 is 15.9 Å². The van der Waals surface area contributed by atoms with Gasteiger partial charge in [0.2, 0.25) is 0 Å². The van der Waals surface area contributed by atoms with E-state index in [1.165, 1.54) is 0 Å². The van der Waals surface area contributed by atoms with Crippen molar-refractivity contribution in [2.24, 2.45) is 0 Å². The molecule has 1 aromatic rings. The van der Waals surface area contributed by atoms with E-state index < -0.39 is 17.5 Å². The summed E-state index contributed by atoms with van der Waals surface area (Å²) in [5.74, 6) is -0.584. The molecule has 2 fully saturated rings. The second-order valence-corrected chi connectivity index (χ2v) is 6.45. The summed E-state index contributed by atoms with van der Waals surface area (Å²) in [6.45, 7) is -0.373.